The van der Waals surface area contributed by atoms with Gasteiger partial charge in [0.25, 0.3) is 0 Å². The summed E-state index contributed by atoms with van der Waals surface area (Å²) in [6, 6.07) is 7.61. The zero-order valence-electron chi connectivity index (χ0n) is 6.52. The quantitative estimate of drug-likeness (QED) is 0.472. The fourth-order valence-electron chi connectivity index (χ4n) is 0.740. The van der Waals surface area contributed by atoms with Crippen LogP contribution in [-0.4, -0.2) is 0 Å². The summed E-state index contributed by atoms with van der Waals surface area (Å²) in [5, 5.41) is 0. The number of nitrogens with one attached hydrogen (secondary N) is 1. The molecule has 0 spiro atoms. The van der Waals surface area contributed by atoms with Gasteiger partial charge in [-0.15, -0.1) is 5.69 Å². The standard InChI is InChI=1S/C8H10N.Li/c1-2-7-3-5-8(9)6-4-7;/h3-6,9H,2H2,1H3;/q-1;+1. The van der Waals surface area contributed by atoms with E-state index in [-0.39, 0.29) is 18.9 Å². The molecule has 0 amide bonds. The number of benzene rings is 1. The van der Waals surface area contributed by atoms with Gasteiger partial charge in [0.15, 0.2) is 0 Å². The largest absolute Gasteiger partial charge is 1.00 e. The van der Waals surface area contributed by atoms with Gasteiger partial charge >= 0.3 is 18.9 Å². The molecule has 0 unspecified atom stereocenters. The summed E-state index contributed by atoms with van der Waals surface area (Å²) in [5.41, 5.74) is 9.05. The molecule has 10 heavy (non-hydrogen) atoms. The summed E-state index contributed by atoms with van der Waals surface area (Å²) in [4.78, 5) is 0. The summed E-state index contributed by atoms with van der Waals surface area (Å²) in [6.07, 6.45) is 1.06. The predicted octanol–water partition coefficient (Wildman–Crippen LogP) is -0.0633. The maximum Gasteiger partial charge on any atom is 1.00 e. The summed E-state index contributed by atoms with van der Waals surface area (Å²) >= 11 is 0. The zero-order chi connectivity index (χ0) is 6.69. The van der Waals surface area contributed by atoms with Gasteiger partial charge in [-0.05, 0) is 12.0 Å². The minimum Gasteiger partial charge on any atom is -0.699 e. The first-order valence-electron chi connectivity index (χ1n) is 3.13. The zero-order valence-corrected chi connectivity index (χ0v) is 6.52. The molecule has 1 aromatic rings. The molecule has 0 fully saturated rings. The molecule has 1 rings (SSSR count). The van der Waals surface area contributed by atoms with E-state index in [1.165, 1.54) is 5.56 Å². The van der Waals surface area contributed by atoms with Gasteiger partial charge in [-0.1, -0.05) is 31.2 Å². The fraction of sp³-hybridized carbons (Fsp3) is 0.250. The van der Waals surface area contributed by atoms with Crippen molar-refractivity contribution in [1.82, 2.24) is 0 Å². The average Bonchev–Trinajstić information content (AvgIpc) is 1.90. The molecule has 0 saturated heterocycles. The van der Waals surface area contributed by atoms with Crippen LogP contribution in [0, 0.1) is 0 Å². The monoisotopic (exact) mass is 127 g/mol. The van der Waals surface area contributed by atoms with Crippen LogP contribution < -0.4 is 18.9 Å². The van der Waals surface area contributed by atoms with Crippen molar-refractivity contribution in [2.75, 3.05) is 0 Å². The predicted molar refractivity (Wildman–Crippen MR) is 39.8 cm³/mol. The van der Waals surface area contributed by atoms with Crippen LogP contribution in [-0.2, 0) is 6.42 Å². The van der Waals surface area contributed by atoms with Crippen LogP contribution in [0.3, 0.4) is 0 Å². The molecule has 2 heteroatoms. The van der Waals surface area contributed by atoms with E-state index in [0.717, 1.165) is 6.42 Å². The molecule has 0 aliphatic carbocycles. The van der Waals surface area contributed by atoms with Crippen molar-refractivity contribution in [3.8, 4) is 0 Å². The molecule has 48 valence electrons. The van der Waals surface area contributed by atoms with E-state index in [9.17, 15) is 0 Å². The minimum atomic E-state index is 0. The van der Waals surface area contributed by atoms with Gasteiger partial charge in [-0.3, -0.25) is 0 Å². The van der Waals surface area contributed by atoms with Crippen LogP contribution >= 0.6 is 0 Å². The van der Waals surface area contributed by atoms with Gasteiger partial charge in [-0.25, -0.2) is 0 Å². The minimum absolute atomic E-state index is 0. The summed E-state index contributed by atoms with van der Waals surface area (Å²) < 4.78 is 0. The second-order valence-electron chi connectivity index (χ2n) is 2.05. The topological polar surface area (TPSA) is 23.8 Å². The second-order valence-corrected chi connectivity index (χ2v) is 2.05. The first-order chi connectivity index (χ1) is 4.33. The van der Waals surface area contributed by atoms with E-state index in [1.54, 1.807) is 0 Å². The molecular weight excluding hydrogens is 117 g/mol. The molecule has 1 aromatic carbocycles. The smallest absolute Gasteiger partial charge is 0.699 e. The van der Waals surface area contributed by atoms with Crippen LogP contribution in [0.2, 0.25) is 0 Å². The van der Waals surface area contributed by atoms with Crippen molar-refractivity contribution in [3.05, 3.63) is 35.6 Å². The number of hydrogen-bond donors (Lipinski definition) is 0. The molecular formula is C8H10LiN. The third-order valence-corrected chi connectivity index (χ3v) is 1.36. The first kappa shape index (κ1) is 9.62. The third-order valence-electron chi connectivity index (χ3n) is 1.36. The van der Waals surface area contributed by atoms with E-state index in [0.29, 0.717) is 5.69 Å². The Morgan fingerprint density at radius 3 is 2.10 bits per heavy atom. The number of rotatable bonds is 1. The molecule has 0 aliphatic heterocycles. The van der Waals surface area contributed by atoms with Gasteiger partial charge < -0.3 is 5.73 Å². The summed E-state index contributed by atoms with van der Waals surface area (Å²) in [6.45, 7) is 2.11. The van der Waals surface area contributed by atoms with Crippen molar-refractivity contribution in [3.63, 3.8) is 0 Å². The van der Waals surface area contributed by atoms with E-state index in [4.69, 9.17) is 5.73 Å². The van der Waals surface area contributed by atoms with Crippen LogP contribution in [0.25, 0.3) is 5.73 Å². The fourth-order valence-corrected chi connectivity index (χ4v) is 0.740. The SMILES string of the molecule is CCc1ccc([NH-])cc1.[Li+]. The Bertz CT molecular complexity index is 181. The first-order valence-corrected chi connectivity index (χ1v) is 3.13. The Morgan fingerprint density at radius 1 is 1.20 bits per heavy atom. The van der Waals surface area contributed by atoms with Crippen molar-refractivity contribution in [1.29, 1.82) is 0 Å². The van der Waals surface area contributed by atoms with E-state index < -0.39 is 0 Å². The average molecular weight is 127 g/mol. The van der Waals surface area contributed by atoms with Crippen LogP contribution in [0.4, 0.5) is 5.69 Å². The van der Waals surface area contributed by atoms with Crippen molar-refractivity contribution in [2.45, 2.75) is 13.3 Å². The molecule has 0 aliphatic rings. The van der Waals surface area contributed by atoms with Crippen LogP contribution in [0.15, 0.2) is 24.3 Å². The number of aryl methyl sites for hydroxylation is 1. The van der Waals surface area contributed by atoms with E-state index >= 15 is 0 Å². The van der Waals surface area contributed by atoms with Gasteiger partial charge in [0.1, 0.15) is 0 Å². The molecule has 0 radical (unpaired) electrons. The second kappa shape index (κ2) is 4.44. The molecule has 0 bridgehead atoms. The van der Waals surface area contributed by atoms with Crippen molar-refractivity contribution >= 4 is 5.69 Å². The van der Waals surface area contributed by atoms with Crippen LogP contribution in [0.1, 0.15) is 12.5 Å². The van der Waals surface area contributed by atoms with E-state index in [2.05, 4.69) is 6.92 Å². The van der Waals surface area contributed by atoms with Crippen molar-refractivity contribution < 1.29 is 18.9 Å². The van der Waals surface area contributed by atoms with Gasteiger partial charge in [0, 0.05) is 0 Å². The summed E-state index contributed by atoms with van der Waals surface area (Å²) in [5.74, 6) is 0. The molecule has 0 heterocycles. The molecule has 0 saturated carbocycles. The Kier molecular flexibility index (Phi) is 4.27. The van der Waals surface area contributed by atoms with Crippen molar-refractivity contribution in [2.24, 2.45) is 0 Å². The molecule has 0 aromatic heterocycles. The summed E-state index contributed by atoms with van der Waals surface area (Å²) in [7, 11) is 0. The van der Waals surface area contributed by atoms with E-state index in [1.807, 2.05) is 24.3 Å². The van der Waals surface area contributed by atoms with Gasteiger partial charge in [0.2, 0.25) is 0 Å². The maximum absolute atomic E-state index is 7.17. The molecule has 1 nitrogen and oxygen atoms in total. The normalized spacial score (nSPS) is 8.50. The Hall–Kier alpha value is -0.383. The Labute approximate surface area is 73.8 Å². The van der Waals surface area contributed by atoms with Crippen LogP contribution in [0.5, 0.6) is 0 Å². The third kappa shape index (κ3) is 2.47. The Balaban J connectivity index is 0.000000810. The van der Waals surface area contributed by atoms with Gasteiger partial charge in [0.05, 0.1) is 0 Å². The number of hydrogen-bond acceptors (Lipinski definition) is 0. The molecule has 1 N–H and O–H groups in total. The Morgan fingerprint density at radius 2 is 1.70 bits per heavy atom. The van der Waals surface area contributed by atoms with Gasteiger partial charge in [-0.2, -0.15) is 0 Å². The maximum atomic E-state index is 7.17. The molecule has 0 atom stereocenters.